The largest absolute Gasteiger partial charge is 0.395 e. The molecule has 1 aromatic heterocycles. The summed E-state index contributed by atoms with van der Waals surface area (Å²) in [5, 5.41) is 12.1. The van der Waals surface area contributed by atoms with Crippen molar-refractivity contribution in [1.82, 2.24) is 14.9 Å². The molecule has 6 heteroatoms. The van der Waals surface area contributed by atoms with Gasteiger partial charge in [0.1, 0.15) is 0 Å². The van der Waals surface area contributed by atoms with Gasteiger partial charge in [-0.2, -0.15) is 0 Å². The average molecular weight is 264 g/mol. The van der Waals surface area contributed by atoms with Gasteiger partial charge < -0.3 is 5.11 Å². The van der Waals surface area contributed by atoms with E-state index in [2.05, 4.69) is 15.3 Å². The molecule has 1 atom stereocenters. The second-order valence-corrected chi connectivity index (χ2v) is 4.78. The highest BCUT2D eigenvalue weighted by molar-refractivity contribution is 5.90. The van der Waals surface area contributed by atoms with Crippen LogP contribution in [0.15, 0.2) is 18.5 Å². The van der Waals surface area contributed by atoms with Gasteiger partial charge in [-0.05, 0) is 25.5 Å². The van der Waals surface area contributed by atoms with Crippen molar-refractivity contribution in [2.24, 2.45) is 0 Å². The molecule has 2 N–H and O–H groups in total. The minimum Gasteiger partial charge on any atom is -0.395 e. The Morgan fingerprint density at radius 2 is 2.16 bits per heavy atom. The first-order valence-electron chi connectivity index (χ1n) is 6.71. The Morgan fingerprint density at radius 1 is 1.37 bits per heavy atom. The van der Waals surface area contributed by atoms with Crippen LogP contribution >= 0.6 is 0 Å². The monoisotopic (exact) mass is 264 g/mol. The average Bonchev–Trinajstić information content (AvgIpc) is 2.64. The number of amides is 1. The molecule has 0 saturated carbocycles. The van der Waals surface area contributed by atoms with Crippen LogP contribution in [0.25, 0.3) is 0 Å². The molecule has 1 saturated heterocycles. The zero-order valence-corrected chi connectivity index (χ0v) is 11.0. The van der Waals surface area contributed by atoms with Crippen molar-refractivity contribution in [2.75, 3.05) is 25.0 Å². The lowest BCUT2D eigenvalue weighted by Crippen LogP contribution is -2.42. The van der Waals surface area contributed by atoms with Crippen LogP contribution < -0.4 is 5.32 Å². The van der Waals surface area contributed by atoms with Gasteiger partial charge in [-0.3, -0.25) is 15.0 Å². The zero-order chi connectivity index (χ0) is 13.5. The van der Waals surface area contributed by atoms with E-state index in [1.165, 1.54) is 0 Å². The first-order valence-corrected chi connectivity index (χ1v) is 6.71. The van der Waals surface area contributed by atoms with Crippen molar-refractivity contribution in [2.45, 2.75) is 31.7 Å². The molecule has 1 fully saturated rings. The number of hydrogen-bond donors (Lipinski definition) is 2. The normalized spacial score (nSPS) is 20.8. The van der Waals surface area contributed by atoms with Crippen LogP contribution in [0, 0.1) is 0 Å². The molecule has 1 aromatic rings. The lowest BCUT2D eigenvalue weighted by Gasteiger charge is -2.27. The summed E-state index contributed by atoms with van der Waals surface area (Å²) in [6.45, 7) is 1.24. The van der Waals surface area contributed by atoms with E-state index in [9.17, 15) is 9.90 Å². The third-order valence-electron chi connectivity index (χ3n) is 3.37. The molecule has 2 heterocycles. The Bertz CT molecular complexity index is 399. The van der Waals surface area contributed by atoms with E-state index >= 15 is 0 Å². The number of aliphatic hydroxyl groups excluding tert-OH is 1. The summed E-state index contributed by atoms with van der Waals surface area (Å²) in [6, 6.07) is 1.79. The summed E-state index contributed by atoms with van der Waals surface area (Å²) in [4.78, 5) is 21.9. The number of nitrogens with zero attached hydrogens (tertiary/aromatic N) is 3. The standard InChI is InChI=1S/C13H20N4O2/c18-10-11-5-2-1-3-8-17(11)9-12(19)16-13-14-6-4-7-15-13/h4,6-7,11,18H,1-3,5,8-10H2,(H,14,15,16,19). The molecule has 0 radical (unpaired) electrons. The van der Waals surface area contributed by atoms with Gasteiger partial charge in [-0.1, -0.05) is 12.8 Å². The lowest BCUT2D eigenvalue weighted by molar-refractivity contribution is -0.118. The number of hydrogen-bond acceptors (Lipinski definition) is 5. The summed E-state index contributed by atoms with van der Waals surface area (Å²) in [5.74, 6) is 0.189. The van der Waals surface area contributed by atoms with Gasteiger partial charge >= 0.3 is 0 Å². The van der Waals surface area contributed by atoms with E-state index < -0.39 is 0 Å². The Kier molecular flexibility index (Phi) is 5.23. The van der Waals surface area contributed by atoms with E-state index in [1.807, 2.05) is 4.90 Å². The van der Waals surface area contributed by atoms with Crippen LogP contribution in [0.1, 0.15) is 25.7 Å². The highest BCUT2D eigenvalue weighted by atomic mass is 16.3. The SMILES string of the molecule is O=C(CN1CCCCCC1CO)Nc1ncccn1. The van der Waals surface area contributed by atoms with Gasteiger partial charge in [0.15, 0.2) is 0 Å². The van der Waals surface area contributed by atoms with Gasteiger partial charge in [-0.15, -0.1) is 0 Å². The van der Waals surface area contributed by atoms with E-state index in [4.69, 9.17) is 0 Å². The molecular weight excluding hydrogens is 244 g/mol. The molecule has 104 valence electrons. The molecule has 2 rings (SSSR count). The molecule has 1 amide bonds. The van der Waals surface area contributed by atoms with Crippen molar-refractivity contribution >= 4 is 11.9 Å². The maximum absolute atomic E-state index is 11.9. The summed E-state index contributed by atoms with van der Waals surface area (Å²) in [5.41, 5.74) is 0. The van der Waals surface area contributed by atoms with Gasteiger partial charge in [0.25, 0.3) is 0 Å². The van der Waals surface area contributed by atoms with Crippen molar-refractivity contribution in [1.29, 1.82) is 0 Å². The van der Waals surface area contributed by atoms with Gasteiger partial charge in [0, 0.05) is 18.4 Å². The highest BCUT2D eigenvalue weighted by Crippen LogP contribution is 2.16. The predicted octanol–water partition coefficient (Wildman–Crippen LogP) is 0.652. The Balaban J connectivity index is 1.89. The predicted molar refractivity (Wildman–Crippen MR) is 71.6 cm³/mol. The second-order valence-electron chi connectivity index (χ2n) is 4.78. The van der Waals surface area contributed by atoms with Crippen LogP contribution in [-0.2, 0) is 4.79 Å². The number of aliphatic hydroxyl groups is 1. The van der Waals surface area contributed by atoms with Crippen molar-refractivity contribution in [3.8, 4) is 0 Å². The molecule has 1 unspecified atom stereocenters. The fourth-order valence-electron chi connectivity index (χ4n) is 2.36. The molecule has 6 nitrogen and oxygen atoms in total. The minimum absolute atomic E-state index is 0.0879. The highest BCUT2D eigenvalue weighted by Gasteiger charge is 2.22. The molecule has 1 aliphatic heterocycles. The number of likely N-dealkylation sites (tertiary alicyclic amines) is 1. The van der Waals surface area contributed by atoms with Crippen molar-refractivity contribution in [3.63, 3.8) is 0 Å². The van der Waals surface area contributed by atoms with Crippen LogP contribution in [0.5, 0.6) is 0 Å². The molecule has 0 aliphatic carbocycles. The van der Waals surface area contributed by atoms with Crippen molar-refractivity contribution in [3.05, 3.63) is 18.5 Å². The van der Waals surface area contributed by atoms with Crippen LogP contribution in [0.3, 0.4) is 0 Å². The zero-order valence-electron chi connectivity index (χ0n) is 11.0. The van der Waals surface area contributed by atoms with Gasteiger partial charge in [0.2, 0.25) is 11.9 Å². The number of carbonyl (C=O) groups excluding carboxylic acids is 1. The Hall–Kier alpha value is -1.53. The topological polar surface area (TPSA) is 78.4 Å². The molecule has 19 heavy (non-hydrogen) atoms. The first kappa shape index (κ1) is 13.9. The summed E-state index contributed by atoms with van der Waals surface area (Å²) in [7, 11) is 0. The fourth-order valence-corrected chi connectivity index (χ4v) is 2.36. The third-order valence-corrected chi connectivity index (χ3v) is 3.37. The van der Waals surface area contributed by atoms with E-state index in [1.54, 1.807) is 18.5 Å². The fraction of sp³-hybridized carbons (Fsp3) is 0.615. The first-order chi connectivity index (χ1) is 9.29. The quantitative estimate of drug-likeness (QED) is 0.835. The van der Waals surface area contributed by atoms with Crippen LogP contribution in [-0.4, -0.2) is 51.6 Å². The lowest BCUT2D eigenvalue weighted by atomic mass is 10.1. The maximum Gasteiger partial charge on any atom is 0.240 e. The Labute approximate surface area is 112 Å². The number of aromatic nitrogens is 2. The summed E-state index contributed by atoms with van der Waals surface area (Å²) in [6.07, 6.45) is 7.48. The molecule has 0 bridgehead atoms. The van der Waals surface area contributed by atoms with E-state index in [-0.39, 0.29) is 25.1 Å². The Morgan fingerprint density at radius 3 is 2.89 bits per heavy atom. The molecular formula is C13H20N4O2. The van der Waals surface area contributed by atoms with Crippen LogP contribution in [0.2, 0.25) is 0 Å². The summed E-state index contributed by atoms with van der Waals surface area (Å²) >= 11 is 0. The number of nitrogens with one attached hydrogen (secondary N) is 1. The summed E-state index contributed by atoms with van der Waals surface area (Å²) < 4.78 is 0. The second kappa shape index (κ2) is 7.16. The molecule has 0 spiro atoms. The van der Waals surface area contributed by atoms with Crippen LogP contribution in [0.4, 0.5) is 5.95 Å². The van der Waals surface area contributed by atoms with Gasteiger partial charge in [-0.25, -0.2) is 9.97 Å². The number of rotatable bonds is 4. The third kappa shape index (κ3) is 4.25. The molecule has 1 aliphatic rings. The number of anilines is 1. The molecule has 0 aromatic carbocycles. The smallest absolute Gasteiger partial charge is 0.240 e. The number of carbonyl (C=O) groups is 1. The van der Waals surface area contributed by atoms with E-state index in [0.29, 0.717) is 5.95 Å². The van der Waals surface area contributed by atoms with Gasteiger partial charge in [0.05, 0.1) is 13.2 Å². The van der Waals surface area contributed by atoms with Crippen molar-refractivity contribution < 1.29 is 9.90 Å². The van der Waals surface area contributed by atoms with E-state index in [0.717, 1.165) is 32.2 Å². The maximum atomic E-state index is 11.9. The minimum atomic E-state index is -0.133.